The molecule has 136 valence electrons. The molecule has 0 saturated carbocycles. The van der Waals surface area contributed by atoms with Crippen molar-refractivity contribution in [2.24, 2.45) is 17.3 Å². The fourth-order valence-corrected chi connectivity index (χ4v) is 4.02. The molecule has 1 aromatic carbocycles. The number of hydrogen-bond donors (Lipinski definition) is 1. The number of rotatable bonds is 4. The molecular formula is C19H25FN2O3. The smallest absolute Gasteiger partial charge is 0.227 e. The van der Waals surface area contributed by atoms with Crippen LogP contribution < -0.4 is 0 Å². The van der Waals surface area contributed by atoms with Gasteiger partial charge in [0.2, 0.25) is 11.8 Å². The summed E-state index contributed by atoms with van der Waals surface area (Å²) < 4.78 is 13.0. The minimum Gasteiger partial charge on any atom is -0.396 e. The fourth-order valence-electron chi connectivity index (χ4n) is 4.02. The normalized spacial score (nSPS) is 25.6. The predicted molar refractivity (Wildman–Crippen MR) is 91.1 cm³/mol. The molecule has 0 aromatic heterocycles. The molecule has 0 spiro atoms. The molecule has 2 atom stereocenters. The maximum Gasteiger partial charge on any atom is 0.227 e. The highest BCUT2D eigenvalue weighted by atomic mass is 19.1. The number of benzene rings is 1. The second-order valence-corrected chi connectivity index (χ2v) is 7.67. The summed E-state index contributed by atoms with van der Waals surface area (Å²) in [6, 6.07) is 5.95. The lowest BCUT2D eigenvalue weighted by atomic mass is 9.82. The molecule has 2 saturated heterocycles. The molecule has 0 radical (unpaired) electrons. The van der Waals surface area contributed by atoms with Gasteiger partial charge in [0.25, 0.3) is 0 Å². The topological polar surface area (TPSA) is 60.9 Å². The van der Waals surface area contributed by atoms with Crippen LogP contribution in [0, 0.1) is 23.1 Å². The van der Waals surface area contributed by atoms with E-state index in [4.69, 9.17) is 0 Å². The Labute approximate surface area is 147 Å². The van der Waals surface area contributed by atoms with E-state index in [9.17, 15) is 19.1 Å². The zero-order chi connectivity index (χ0) is 18.2. The van der Waals surface area contributed by atoms with Crippen LogP contribution in [0.4, 0.5) is 4.39 Å². The summed E-state index contributed by atoms with van der Waals surface area (Å²) in [5.41, 5.74) is 0.362. The van der Waals surface area contributed by atoms with Gasteiger partial charge in [0, 0.05) is 43.4 Å². The van der Waals surface area contributed by atoms with Crippen molar-refractivity contribution in [3.8, 4) is 0 Å². The van der Waals surface area contributed by atoms with Crippen LogP contribution in [0.25, 0.3) is 0 Å². The Kier molecular flexibility index (Phi) is 4.82. The molecule has 5 nitrogen and oxygen atoms in total. The first-order valence-electron chi connectivity index (χ1n) is 8.76. The van der Waals surface area contributed by atoms with Gasteiger partial charge in [0.1, 0.15) is 5.82 Å². The van der Waals surface area contributed by atoms with E-state index < -0.39 is 5.41 Å². The Morgan fingerprint density at radius 3 is 2.36 bits per heavy atom. The highest BCUT2D eigenvalue weighted by Gasteiger charge is 2.54. The summed E-state index contributed by atoms with van der Waals surface area (Å²) in [7, 11) is 0. The van der Waals surface area contributed by atoms with Crippen LogP contribution in [-0.2, 0) is 16.0 Å². The minimum atomic E-state index is -0.414. The SMILES string of the molecule is CC(C)C(=O)N1C[C@@H]2CN(C(=O)Cc3ccc(F)cc3)C[C@]2(CO)C1. The maximum atomic E-state index is 13.0. The molecule has 0 aliphatic carbocycles. The zero-order valence-corrected chi connectivity index (χ0v) is 14.7. The van der Waals surface area contributed by atoms with E-state index in [-0.39, 0.29) is 42.5 Å². The summed E-state index contributed by atoms with van der Waals surface area (Å²) in [4.78, 5) is 28.4. The van der Waals surface area contributed by atoms with E-state index in [1.807, 2.05) is 18.7 Å². The third-order valence-corrected chi connectivity index (χ3v) is 5.50. The summed E-state index contributed by atoms with van der Waals surface area (Å²) in [5, 5.41) is 9.97. The van der Waals surface area contributed by atoms with E-state index in [2.05, 4.69) is 0 Å². The van der Waals surface area contributed by atoms with Gasteiger partial charge in [-0.3, -0.25) is 9.59 Å². The molecule has 3 rings (SSSR count). The Morgan fingerprint density at radius 1 is 1.20 bits per heavy atom. The van der Waals surface area contributed by atoms with Gasteiger partial charge in [-0.25, -0.2) is 4.39 Å². The first-order chi connectivity index (χ1) is 11.8. The van der Waals surface area contributed by atoms with Crippen molar-refractivity contribution in [2.75, 3.05) is 32.8 Å². The molecule has 0 bridgehead atoms. The van der Waals surface area contributed by atoms with Crippen LogP contribution in [0.2, 0.25) is 0 Å². The second-order valence-electron chi connectivity index (χ2n) is 7.67. The Hall–Kier alpha value is -1.95. The number of nitrogens with zero attached hydrogens (tertiary/aromatic N) is 2. The van der Waals surface area contributed by atoms with Gasteiger partial charge >= 0.3 is 0 Å². The highest BCUT2D eigenvalue weighted by molar-refractivity contribution is 5.80. The number of hydrogen-bond acceptors (Lipinski definition) is 3. The van der Waals surface area contributed by atoms with E-state index >= 15 is 0 Å². The van der Waals surface area contributed by atoms with Crippen LogP contribution in [0.15, 0.2) is 24.3 Å². The molecule has 25 heavy (non-hydrogen) atoms. The Bertz CT molecular complexity index is 661. The van der Waals surface area contributed by atoms with E-state index in [1.54, 1.807) is 17.0 Å². The van der Waals surface area contributed by atoms with E-state index in [0.29, 0.717) is 26.2 Å². The Balaban J connectivity index is 1.65. The van der Waals surface area contributed by atoms with Crippen LogP contribution in [0.3, 0.4) is 0 Å². The van der Waals surface area contributed by atoms with Gasteiger partial charge in [-0.1, -0.05) is 26.0 Å². The Morgan fingerprint density at radius 2 is 1.80 bits per heavy atom. The van der Waals surface area contributed by atoms with Gasteiger partial charge in [0.15, 0.2) is 0 Å². The monoisotopic (exact) mass is 348 g/mol. The minimum absolute atomic E-state index is 0.0180. The first-order valence-corrected chi connectivity index (χ1v) is 8.76. The molecule has 2 fully saturated rings. The van der Waals surface area contributed by atoms with E-state index in [1.165, 1.54) is 12.1 Å². The molecule has 6 heteroatoms. The molecule has 2 aliphatic heterocycles. The molecule has 2 heterocycles. The first kappa shape index (κ1) is 17.9. The van der Waals surface area contributed by atoms with Crippen molar-refractivity contribution < 1.29 is 19.1 Å². The van der Waals surface area contributed by atoms with Gasteiger partial charge in [-0.05, 0) is 17.7 Å². The van der Waals surface area contributed by atoms with Gasteiger partial charge in [0.05, 0.1) is 13.0 Å². The lowest BCUT2D eigenvalue weighted by Gasteiger charge is -2.28. The lowest BCUT2D eigenvalue weighted by molar-refractivity contribution is -0.134. The van der Waals surface area contributed by atoms with Crippen LogP contribution in [-0.4, -0.2) is 59.5 Å². The van der Waals surface area contributed by atoms with Crippen molar-refractivity contribution in [3.05, 3.63) is 35.6 Å². The fraction of sp³-hybridized carbons (Fsp3) is 0.579. The number of carbonyl (C=O) groups excluding carboxylic acids is 2. The molecule has 0 unspecified atom stereocenters. The van der Waals surface area contributed by atoms with Crippen LogP contribution in [0.1, 0.15) is 19.4 Å². The number of halogens is 1. The number of fused-ring (bicyclic) bond motifs is 1. The lowest BCUT2D eigenvalue weighted by Crippen LogP contribution is -2.41. The van der Waals surface area contributed by atoms with Crippen LogP contribution >= 0.6 is 0 Å². The maximum absolute atomic E-state index is 13.0. The average Bonchev–Trinajstić information content (AvgIpc) is 3.10. The summed E-state index contributed by atoms with van der Waals surface area (Å²) in [5.74, 6) is -0.189. The number of amides is 2. The number of aliphatic hydroxyl groups is 1. The molecule has 2 aliphatic rings. The molecule has 1 aromatic rings. The van der Waals surface area contributed by atoms with Crippen molar-refractivity contribution in [1.82, 2.24) is 9.80 Å². The third kappa shape index (κ3) is 3.40. The number of likely N-dealkylation sites (tertiary alicyclic amines) is 2. The largest absolute Gasteiger partial charge is 0.396 e. The third-order valence-electron chi connectivity index (χ3n) is 5.50. The predicted octanol–water partition coefficient (Wildman–Crippen LogP) is 1.30. The summed E-state index contributed by atoms with van der Waals surface area (Å²) in [6.45, 7) is 5.85. The highest BCUT2D eigenvalue weighted by Crippen LogP contribution is 2.42. The van der Waals surface area contributed by atoms with Crippen molar-refractivity contribution in [1.29, 1.82) is 0 Å². The quantitative estimate of drug-likeness (QED) is 0.892. The van der Waals surface area contributed by atoms with Gasteiger partial charge < -0.3 is 14.9 Å². The average molecular weight is 348 g/mol. The summed E-state index contributed by atoms with van der Waals surface area (Å²) in [6.07, 6.45) is 0.225. The van der Waals surface area contributed by atoms with Gasteiger partial charge in [-0.15, -0.1) is 0 Å². The number of aliphatic hydroxyl groups excluding tert-OH is 1. The van der Waals surface area contributed by atoms with Crippen molar-refractivity contribution in [2.45, 2.75) is 20.3 Å². The second kappa shape index (κ2) is 6.75. The molecule has 1 N–H and O–H groups in total. The zero-order valence-electron chi connectivity index (χ0n) is 14.7. The molecule has 2 amide bonds. The molecular weight excluding hydrogens is 323 g/mol. The van der Waals surface area contributed by atoms with Gasteiger partial charge in [-0.2, -0.15) is 0 Å². The number of carbonyl (C=O) groups is 2. The van der Waals surface area contributed by atoms with Crippen LogP contribution in [0.5, 0.6) is 0 Å². The van der Waals surface area contributed by atoms with Crippen molar-refractivity contribution in [3.63, 3.8) is 0 Å². The van der Waals surface area contributed by atoms with Crippen molar-refractivity contribution >= 4 is 11.8 Å². The van der Waals surface area contributed by atoms with E-state index in [0.717, 1.165) is 5.56 Å². The summed E-state index contributed by atoms with van der Waals surface area (Å²) >= 11 is 0. The standard InChI is InChI=1S/C19H25FN2O3/c1-13(2)18(25)22-9-15-8-21(10-19(15,11-22)12-23)17(24)7-14-3-5-16(20)6-4-14/h3-6,13,15,23H,7-12H2,1-2H3/t15-,19+/m0/s1.